The van der Waals surface area contributed by atoms with Crippen molar-refractivity contribution >= 4 is 32.8 Å². The highest BCUT2D eigenvalue weighted by molar-refractivity contribution is 9.09. The molecule has 3 nitrogen and oxygen atoms in total. The van der Waals surface area contributed by atoms with E-state index in [2.05, 4.69) is 28.2 Å². The number of alkyl halides is 1. The number of halogens is 1. The van der Waals surface area contributed by atoms with Gasteiger partial charge < -0.3 is 9.73 Å². The Kier molecular flexibility index (Phi) is 4.30. The molecule has 1 N–H and O–H groups in total. The molecule has 0 aliphatic carbocycles. The van der Waals surface area contributed by atoms with Crippen LogP contribution in [0.4, 0.5) is 0 Å². The first-order valence-electron chi connectivity index (χ1n) is 6.41. The Balaban J connectivity index is 2.13. The highest BCUT2D eigenvalue weighted by Crippen LogP contribution is 2.20. The van der Waals surface area contributed by atoms with Crippen molar-refractivity contribution in [3.05, 3.63) is 35.6 Å². The van der Waals surface area contributed by atoms with Crippen LogP contribution in [0.2, 0.25) is 0 Å². The largest absolute Gasteiger partial charge is 0.451 e. The third kappa shape index (κ3) is 3.60. The summed E-state index contributed by atoms with van der Waals surface area (Å²) >= 11 is 3.48. The van der Waals surface area contributed by atoms with Crippen molar-refractivity contribution in [3.63, 3.8) is 0 Å². The molecule has 0 saturated heterocycles. The Morgan fingerprint density at radius 1 is 1.37 bits per heavy atom. The molecule has 0 fully saturated rings. The van der Waals surface area contributed by atoms with E-state index in [1.807, 2.05) is 32.0 Å². The summed E-state index contributed by atoms with van der Waals surface area (Å²) in [5, 5.41) is 3.90. The van der Waals surface area contributed by atoms with Gasteiger partial charge in [0, 0.05) is 16.3 Å². The predicted octanol–water partition coefficient (Wildman–Crippen LogP) is 4.03. The van der Waals surface area contributed by atoms with Gasteiger partial charge in [-0.05, 0) is 38.5 Å². The monoisotopic (exact) mass is 323 g/mol. The lowest BCUT2D eigenvalue weighted by molar-refractivity contribution is 0.0913. The summed E-state index contributed by atoms with van der Waals surface area (Å²) in [6.45, 7) is 6.07. The third-order valence-corrected chi connectivity index (χ3v) is 3.33. The summed E-state index contributed by atoms with van der Waals surface area (Å²) in [6, 6.07) is 7.78. The second-order valence-corrected chi connectivity index (χ2v) is 6.61. The maximum Gasteiger partial charge on any atom is 0.287 e. The molecule has 1 heterocycles. The summed E-state index contributed by atoms with van der Waals surface area (Å²) in [5.74, 6) is 0.212. The van der Waals surface area contributed by atoms with Gasteiger partial charge in [0.05, 0.1) is 0 Å². The van der Waals surface area contributed by atoms with Gasteiger partial charge in [-0.1, -0.05) is 34.5 Å². The number of aryl methyl sites for hydroxylation is 1. The minimum atomic E-state index is -0.158. The second kappa shape index (κ2) is 5.78. The predicted molar refractivity (Wildman–Crippen MR) is 80.9 cm³/mol. The molecule has 4 heteroatoms. The van der Waals surface area contributed by atoms with E-state index in [0.717, 1.165) is 23.0 Å². The summed E-state index contributed by atoms with van der Waals surface area (Å²) in [5.41, 5.74) is 1.90. The molecule has 0 bridgehead atoms. The Bertz CT molecular complexity index is 589. The van der Waals surface area contributed by atoms with Crippen LogP contribution in [0.15, 0.2) is 28.7 Å². The molecule has 2 aromatic rings. The fourth-order valence-corrected chi connectivity index (χ4v) is 2.68. The van der Waals surface area contributed by atoms with E-state index in [9.17, 15) is 4.79 Å². The zero-order valence-electron chi connectivity index (χ0n) is 11.4. The average Bonchev–Trinajstić information content (AvgIpc) is 2.70. The first-order valence-corrected chi connectivity index (χ1v) is 7.32. The molecule has 0 aliphatic rings. The molecule has 102 valence electrons. The van der Waals surface area contributed by atoms with E-state index in [4.69, 9.17) is 4.42 Å². The molecule has 1 aromatic heterocycles. The number of carbonyl (C=O) groups is 1. The van der Waals surface area contributed by atoms with E-state index in [0.29, 0.717) is 10.6 Å². The van der Waals surface area contributed by atoms with Gasteiger partial charge in [0.15, 0.2) is 5.76 Å². The SMILES string of the molecule is Cc1ccc2oc(C(=O)NC(C)CC(C)Br)cc2c1. The average molecular weight is 324 g/mol. The van der Waals surface area contributed by atoms with Gasteiger partial charge in [0.25, 0.3) is 5.91 Å². The molecule has 19 heavy (non-hydrogen) atoms. The quantitative estimate of drug-likeness (QED) is 0.863. The Morgan fingerprint density at radius 2 is 2.11 bits per heavy atom. The Labute approximate surface area is 121 Å². The summed E-state index contributed by atoms with van der Waals surface area (Å²) < 4.78 is 5.57. The van der Waals surface area contributed by atoms with Crippen molar-refractivity contribution in [2.75, 3.05) is 0 Å². The molecular formula is C15H18BrNO2. The number of nitrogens with one attached hydrogen (secondary N) is 1. The van der Waals surface area contributed by atoms with Gasteiger partial charge in [0.1, 0.15) is 5.58 Å². The molecule has 0 radical (unpaired) electrons. The van der Waals surface area contributed by atoms with E-state index in [1.165, 1.54) is 0 Å². The smallest absolute Gasteiger partial charge is 0.287 e. The normalized spacial score (nSPS) is 14.3. The number of furan rings is 1. The second-order valence-electron chi connectivity index (χ2n) is 5.04. The molecule has 2 rings (SSSR count). The number of fused-ring (bicyclic) bond motifs is 1. The van der Waals surface area contributed by atoms with Gasteiger partial charge in [0.2, 0.25) is 0 Å². The molecule has 0 aliphatic heterocycles. The van der Waals surface area contributed by atoms with Gasteiger partial charge >= 0.3 is 0 Å². The van der Waals surface area contributed by atoms with Gasteiger partial charge in [-0.25, -0.2) is 0 Å². The van der Waals surface area contributed by atoms with E-state index in [1.54, 1.807) is 6.07 Å². The number of hydrogen-bond donors (Lipinski definition) is 1. The summed E-state index contributed by atoms with van der Waals surface area (Å²) in [4.78, 5) is 12.4. The van der Waals surface area contributed by atoms with Gasteiger partial charge in [-0.3, -0.25) is 4.79 Å². The van der Waals surface area contributed by atoms with Crippen LogP contribution in [-0.2, 0) is 0 Å². The number of benzene rings is 1. The minimum Gasteiger partial charge on any atom is -0.451 e. The first-order chi connectivity index (χ1) is 8.95. The fraction of sp³-hybridized carbons (Fsp3) is 0.400. The zero-order chi connectivity index (χ0) is 14.0. The van der Waals surface area contributed by atoms with E-state index in [-0.39, 0.29) is 11.9 Å². The molecule has 2 unspecified atom stereocenters. The zero-order valence-corrected chi connectivity index (χ0v) is 13.0. The first kappa shape index (κ1) is 14.1. The number of hydrogen-bond acceptors (Lipinski definition) is 2. The standard InChI is InChI=1S/C15H18BrNO2/c1-9-4-5-13-12(6-9)8-14(19-13)15(18)17-11(3)7-10(2)16/h4-6,8,10-11H,7H2,1-3H3,(H,17,18). The van der Waals surface area contributed by atoms with Gasteiger partial charge in [-0.15, -0.1) is 0 Å². The van der Waals surface area contributed by atoms with Crippen LogP contribution in [0.1, 0.15) is 36.4 Å². The number of amides is 1. The van der Waals surface area contributed by atoms with Crippen molar-refractivity contribution in [1.29, 1.82) is 0 Å². The Hall–Kier alpha value is -1.29. The molecule has 0 spiro atoms. The van der Waals surface area contributed by atoms with Crippen LogP contribution in [0, 0.1) is 6.92 Å². The maximum absolute atomic E-state index is 12.1. The molecule has 1 aromatic carbocycles. The molecule has 1 amide bonds. The van der Waals surface area contributed by atoms with Crippen molar-refractivity contribution in [2.45, 2.75) is 38.1 Å². The lowest BCUT2D eigenvalue weighted by Gasteiger charge is -2.13. The minimum absolute atomic E-state index is 0.108. The lowest BCUT2D eigenvalue weighted by Crippen LogP contribution is -2.33. The molecule has 2 atom stereocenters. The molecular weight excluding hydrogens is 306 g/mol. The third-order valence-electron chi connectivity index (χ3n) is 2.95. The van der Waals surface area contributed by atoms with Crippen molar-refractivity contribution in [3.8, 4) is 0 Å². The van der Waals surface area contributed by atoms with Crippen LogP contribution in [-0.4, -0.2) is 16.8 Å². The van der Waals surface area contributed by atoms with Crippen LogP contribution in [0.5, 0.6) is 0 Å². The van der Waals surface area contributed by atoms with Crippen LogP contribution in [0.3, 0.4) is 0 Å². The topological polar surface area (TPSA) is 42.2 Å². The van der Waals surface area contributed by atoms with Crippen molar-refractivity contribution in [1.82, 2.24) is 5.32 Å². The van der Waals surface area contributed by atoms with Crippen molar-refractivity contribution < 1.29 is 9.21 Å². The summed E-state index contributed by atoms with van der Waals surface area (Å²) in [7, 11) is 0. The van der Waals surface area contributed by atoms with E-state index < -0.39 is 0 Å². The van der Waals surface area contributed by atoms with E-state index >= 15 is 0 Å². The highest BCUT2D eigenvalue weighted by Gasteiger charge is 2.15. The number of rotatable bonds is 4. The maximum atomic E-state index is 12.1. The lowest BCUT2D eigenvalue weighted by atomic mass is 10.2. The fourth-order valence-electron chi connectivity index (χ4n) is 2.12. The molecule has 0 saturated carbocycles. The van der Waals surface area contributed by atoms with Crippen LogP contribution >= 0.6 is 15.9 Å². The Morgan fingerprint density at radius 3 is 2.79 bits per heavy atom. The van der Waals surface area contributed by atoms with Crippen LogP contribution in [0.25, 0.3) is 11.0 Å². The van der Waals surface area contributed by atoms with Crippen LogP contribution < -0.4 is 5.32 Å². The highest BCUT2D eigenvalue weighted by atomic mass is 79.9. The number of carbonyl (C=O) groups excluding carboxylic acids is 1. The van der Waals surface area contributed by atoms with Crippen molar-refractivity contribution in [2.24, 2.45) is 0 Å². The van der Waals surface area contributed by atoms with Gasteiger partial charge in [-0.2, -0.15) is 0 Å². The summed E-state index contributed by atoms with van der Waals surface area (Å²) in [6.07, 6.45) is 0.880.